The van der Waals surface area contributed by atoms with E-state index in [-0.39, 0.29) is 17.0 Å². The van der Waals surface area contributed by atoms with Crippen LogP contribution in [0.1, 0.15) is 36.1 Å². The van der Waals surface area contributed by atoms with Crippen molar-refractivity contribution < 1.29 is 17.7 Å². The van der Waals surface area contributed by atoms with Crippen LogP contribution < -0.4 is 10.9 Å². The Labute approximate surface area is 117 Å². The number of nitrogens with one attached hydrogen (secondary N) is 2. The van der Waals surface area contributed by atoms with Crippen molar-refractivity contribution in [1.29, 1.82) is 0 Å². The zero-order valence-corrected chi connectivity index (χ0v) is 11.0. The van der Waals surface area contributed by atoms with Gasteiger partial charge in [-0.3, -0.25) is 4.79 Å². The molecular formula is C14H13F3N2O2. The van der Waals surface area contributed by atoms with E-state index in [2.05, 4.69) is 10.5 Å². The summed E-state index contributed by atoms with van der Waals surface area (Å²) < 4.78 is 45.2. The van der Waals surface area contributed by atoms with E-state index in [0.717, 1.165) is 6.07 Å². The summed E-state index contributed by atoms with van der Waals surface area (Å²) in [6.45, 7) is 0.558. The number of halogens is 3. The van der Waals surface area contributed by atoms with Crippen LogP contribution in [0.25, 0.3) is 0 Å². The van der Waals surface area contributed by atoms with Crippen molar-refractivity contribution in [2.75, 3.05) is 6.54 Å². The first-order chi connectivity index (χ1) is 10.0. The Bertz CT molecular complexity index is 710. The van der Waals surface area contributed by atoms with Crippen LogP contribution in [0.15, 0.2) is 27.5 Å². The normalized spacial score (nSPS) is 22.4. The molecule has 2 atom stereocenters. The van der Waals surface area contributed by atoms with Gasteiger partial charge in [-0.1, -0.05) is 0 Å². The molecule has 112 valence electrons. The smallest absolute Gasteiger partial charge is 0.280 e. The van der Waals surface area contributed by atoms with Gasteiger partial charge in [0.05, 0.1) is 0 Å². The number of hydrogen-bond acceptors (Lipinski definition) is 3. The molecule has 0 amide bonds. The topological polar surface area (TPSA) is 58.0 Å². The number of aromatic amines is 1. The van der Waals surface area contributed by atoms with E-state index < -0.39 is 23.5 Å². The Morgan fingerprint density at radius 2 is 1.86 bits per heavy atom. The fraction of sp³-hybridized carbons (Fsp3) is 0.357. The number of hydrogen-bond donors (Lipinski definition) is 2. The van der Waals surface area contributed by atoms with E-state index >= 15 is 0 Å². The first-order valence-corrected chi connectivity index (χ1v) is 6.61. The van der Waals surface area contributed by atoms with Gasteiger partial charge in [0.15, 0.2) is 11.6 Å². The molecule has 1 aliphatic heterocycles. The predicted molar refractivity (Wildman–Crippen MR) is 68.4 cm³/mol. The van der Waals surface area contributed by atoms with E-state index in [0.29, 0.717) is 31.2 Å². The lowest BCUT2D eigenvalue weighted by Crippen LogP contribution is -2.31. The summed E-state index contributed by atoms with van der Waals surface area (Å²) in [4.78, 5) is 11.1. The summed E-state index contributed by atoms with van der Waals surface area (Å²) in [5.41, 5.74) is -0.254. The van der Waals surface area contributed by atoms with Gasteiger partial charge in [-0.15, -0.1) is 0 Å². The van der Waals surface area contributed by atoms with E-state index in [4.69, 9.17) is 4.52 Å². The van der Waals surface area contributed by atoms with Gasteiger partial charge in [0.25, 0.3) is 5.56 Å². The number of rotatable bonds is 2. The molecule has 2 aromatic rings. The van der Waals surface area contributed by atoms with Gasteiger partial charge in [0, 0.05) is 29.7 Å². The van der Waals surface area contributed by atoms with Crippen molar-refractivity contribution >= 4 is 0 Å². The van der Waals surface area contributed by atoms with Crippen molar-refractivity contribution in [1.82, 2.24) is 10.5 Å². The highest BCUT2D eigenvalue weighted by Crippen LogP contribution is 2.35. The van der Waals surface area contributed by atoms with Gasteiger partial charge in [-0.25, -0.2) is 13.2 Å². The molecule has 1 saturated heterocycles. The highest BCUT2D eigenvalue weighted by molar-refractivity contribution is 5.25. The maximum absolute atomic E-state index is 13.8. The molecule has 0 aliphatic carbocycles. The Hall–Kier alpha value is -2.02. The van der Waals surface area contributed by atoms with E-state index in [1.807, 2.05) is 0 Å². The Morgan fingerprint density at radius 3 is 2.57 bits per heavy atom. The maximum Gasteiger partial charge on any atom is 0.280 e. The highest BCUT2D eigenvalue weighted by Gasteiger charge is 2.28. The van der Waals surface area contributed by atoms with Gasteiger partial charge in [0.2, 0.25) is 0 Å². The minimum atomic E-state index is -1.21. The third-order valence-electron chi connectivity index (χ3n) is 3.76. The fourth-order valence-corrected chi connectivity index (χ4v) is 2.72. The summed E-state index contributed by atoms with van der Waals surface area (Å²) in [7, 11) is 0. The third-order valence-corrected chi connectivity index (χ3v) is 3.76. The second kappa shape index (κ2) is 5.40. The summed E-state index contributed by atoms with van der Waals surface area (Å²) in [5, 5.41) is 5.28. The Kier molecular flexibility index (Phi) is 3.59. The Morgan fingerprint density at radius 1 is 1.10 bits per heavy atom. The van der Waals surface area contributed by atoms with Gasteiger partial charge < -0.3 is 9.84 Å². The molecule has 21 heavy (non-hydrogen) atoms. The lowest BCUT2D eigenvalue weighted by molar-refractivity contribution is 0.292. The minimum absolute atomic E-state index is 0.0801. The van der Waals surface area contributed by atoms with Crippen molar-refractivity contribution in [3.05, 3.63) is 57.3 Å². The molecule has 7 heteroatoms. The van der Waals surface area contributed by atoms with E-state index in [1.165, 1.54) is 6.07 Å². The molecule has 0 unspecified atom stereocenters. The van der Waals surface area contributed by atoms with Crippen LogP contribution in [0.3, 0.4) is 0 Å². The van der Waals surface area contributed by atoms with Gasteiger partial charge >= 0.3 is 0 Å². The van der Waals surface area contributed by atoms with Gasteiger partial charge in [0.1, 0.15) is 11.6 Å². The average molecular weight is 298 g/mol. The summed E-state index contributed by atoms with van der Waals surface area (Å²) in [5.74, 6) is -2.66. The molecule has 0 radical (unpaired) electrons. The standard InChI is InChI=1S/C14H13F3N2O2/c15-9-5-11(17)10(16)4-8(9)12-3-7(1-2-18-12)13-6-14(20)19-21-13/h4-7,12,18H,1-3H2,(H,19,20)/t7-,12-/m1/s1. The maximum atomic E-state index is 13.8. The quantitative estimate of drug-likeness (QED) is 0.838. The predicted octanol–water partition coefficient (Wildman–Crippen LogP) is 2.59. The van der Waals surface area contributed by atoms with Crippen molar-refractivity contribution in [2.45, 2.75) is 24.8 Å². The molecular weight excluding hydrogens is 285 g/mol. The van der Waals surface area contributed by atoms with Crippen LogP contribution in [0.5, 0.6) is 0 Å². The SMILES string of the molecule is O=c1cc([C@@H]2CCN[C@@H](c3cc(F)c(F)cc3F)C2)o[nH]1. The van der Waals surface area contributed by atoms with Crippen molar-refractivity contribution in [3.63, 3.8) is 0 Å². The lowest BCUT2D eigenvalue weighted by Gasteiger charge is -2.29. The number of benzene rings is 1. The molecule has 1 aromatic carbocycles. The molecule has 1 aliphatic rings. The number of aromatic nitrogens is 1. The first kappa shape index (κ1) is 13.9. The van der Waals surface area contributed by atoms with Crippen LogP contribution in [0, 0.1) is 17.5 Å². The van der Waals surface area contributed by atoms with Crippen LogP contribution in [-0.2, 0) is 0 Å². The summed E-state index contributed by atoms with van der Waals surface area (Å²) >= 11 is 0. The number of piperidine rings is 1. The van der Waals surface area contributed by atoms with Crippen LogP contribution >= 0.6 is 0 Å². The molecule has 0 bridgehead atoms. The largest absolute Gasteiger partial charge is 0.383 e. The molecule has 0 spiro atoms. The molecule has 2 N–H and O–H groups in total. The third kappa shape index (κ3) is 2.73. The lowest BCUT2D eigenvalue weighted by atomic mass is 9.87. The van der Waals surface area contributed by atoms with Gasteiger partial charge in [-0.05, 0) is 25.5 Å². The Balaban J connectivity index is 1.86. The van der Waals surface area contributed by atoms with Crippen molar-refractivity contribution in [2.24, 2.45) is 0 Å². The number of H-pyrrole nitrogens is 1. The van der Waals surface area contributed by atoms with Crippen LogP contribution in [0.2, 0.25) is 0 Å². The van der Waals surface area contributed by atoms with Gasteiger partial charge in [-0.2, -0.15) is 5.16 Å². The monoisotopic (exact) mass is 298 g/mol. The molecule has 1 aromatic heterocycles. The molecule has 2 heterocycles. The first-order valence-electron chi connectivity index (χ1n) is 6.61. The van der Waals surface area contributed by atoms with Crippen molar-refractivity contribution in [3.8, 4) is 0 Å². The fourth-order valence-electron chi connectivity index (χ4n) is 2.72. The van der Waals surface area contributed by atoms with Crippen LogP contribution in [0.4, 0.5) is 13.2 Å². The van der Waals surface area contributed by atoms with E-state index in [1.54, 1.807) is 0 Å². The zero-order chi connectivity index (χ0) is 15.0. The average Bonchev–Trinajstić information content (AvgIpc) is 2.90. The zero-order valence-electron chi connectivity index (χ0n) is 11.0. The minimum Gasteiger partial charge on any atom is -0.383 e. The second-order valence-electron chi connectivity index (χ2n) is 5.13. The molecule has 1 fully saturated rings. The summed E-state index contributed by atoms with van der Waals surface area (Å²) in [6.07, 6.45) is 1.14. The highest BCUT2D eigenvalue weighted by atomic mass is 19.2. The van der Waals surface area contributed by atoms with E-state index in [9.17, 15) is 18.0 Å². The molecule has 0 saturated carbocycles. The van der Waals surface area contributed by atoms with Crippen LogP contribution in [-0.4, -0.2) is 11.7 Å². The second-order valence-corrected chi connectivity index (χ2v) is 5.13. The summed E-state index contributed by atoms with van der Waals surface area (Å²) in [6, 6.07) is 2.32. The molecule has 4 nitrogen and oxygen atoms in total. The molecule has 3 rings (SSSR count).